The topological polar surface area (TPSA) is 74.2 Å². The molecule has 126 valence electrons. The molecule has 6 heteroatoms. The van der Waals surface area contributed by atoms with Crippen LogP contribution >= 0.6 is 11.3 Å². The molecule has 22 heavy (non-hydrogen) atoms. The van der Waals surface area contributed by atoms with E-state index in [-0.39, 0.29) is 23.9 Å². The van der Waals surface area contributed by atoms with Crippen LogP contribution in [0.2, 0.25) is 0 Å². The fourth-order valence-electron chi connectivity index (χ4n) is 1.84. The number of aliphatic hydroxyl groups is 1. The smallest absolute Gasteiger partial charge is 0.315 e. The third-order valence-electron chi connectivity index (χ3n) is 3.90. The van der Waals surface area contributed by atoms with Crippen molar-refractivity contribution in [1.29, 1.82) is 0 Å². The highest BCUT2D eigenvalue weighted by atomic mass is 32.1. The minimum absolute atomic E-state index is 0.0279. The van der Waals surface area contributed by atoms with Crippen molar-refractivity contribution in [2.24, 2.45) is 5.92 Å². The van der Waals surface area contributed by atoms with Crippen LogP contribution in [0.5, 0.6) is 0 Å². The fourth-order valence-corrected chi connectivity index (χ4v) is 2.75. The molecule has 0 spiro atoms. The molecule has 0 aliphatic carbocycles. The van der Waals surface area contributed by atoms with E-state index < -0.39 is 5.60 Å². The number of thiazole rings is 1. The van der Waals surface area contributed by atoms with Crippen molar-refractivity contribution in [3.05, 3.63) is 16.1 Å². The maximum absolute atomic E-state index is 11.8. The van der Waals surface area contributed by atoms with Crippen molar-refractivity contribution in [2.45, 2.75) is 65.5 Å². The standard InChI is InChI=1S/C16H29N3O2S/c1-7-11(2)16(6,21)10-18-14(20)17-8-12-9-22-13(19-12)15(3,4)5/h9,11,21H,7-8,10H2,1-6H3,(H2,17,18,20). The Hall–Kier alpha value is -1.14. The second-order valence-electron chi connectivity index (χ2n) is 7.10. The predicted molar refractivity (Wildman–Crippen MR) is 91.1 cm³/mol. The number of rotatable bonds is 6. The van der Waals surface area contributed by atoms with Crippen LogP contribution in [0.3, 0.4) is 0 Å². The Morgan fingerprint density at radius 1 is 1.36 bits per heavy atom. The van der Waals surface area contributed by atoms with Gasteiger partial charge in [0.2, 0.25) is 0 Å². The first-order chi connectivity index (χ1) is 10.1. The van der Waals surface area contributed by atoms with Gasteiger partial charge in [-0.05, 0) is 12.8 Å². The monoisotopic (exact) mass is 327 g/mol. The van der Waals surface area contributed by atoms with Gasteiger partial charge in [0.25, 0.3) is 0 Å². The number of aromatic nitrogens is 1. The van der Waals surface area contributed by atoms with E-state index >= 15 is 0 Å². The van der Waals surface area contributed by atoms with Gasteiger partial charge in [-0.15, -0.1) is 11.3 Å². The molecule has 2 atom stereocenters. The zero-order valence-corrected chi connectivity index (χ0v) is 15.3. The molecule has 0 fully saturated rings. The van der Waals surface area contributed by atoms with E-state index in [1.807, 2.05) is 19.2 Å². The zero-order valence-electron chi connectivity index (χ0n) is 14.5. The van der Waals surface area contributed by atoms with E-state index in [1.54, 1.807) is 18.3 Å². The fraction of sp³-hybridized carbons (Fsp3) is 0.750. The van der Waals surface area contributed by atoms with Crippen molar-refractivity contribution >= 4 is 17.4 Å². The molecule has 1 rings (SSSR count). The summed E-state index contributed by atoms with van der Waals surface area (Å²) in [4.78, 5) is 16.4. The van der Waals surface area contributed by atoms with Crippen molar-refractivity contribution < 1.29 is 9.90 Å². The Kier molecular flexibility index (Phi) is 6.38. The molecular formula is C16H29N3O2S. The molecule has 3 N–H and O–H groups in total. The number of nitrogens with one attached hydrogen (secondary N) is 2. The van der Waals surface area contributed by atoms with Crippen molar-refractivity contribution in [3.63, 3.8) is 0 Å². The van der Waals surface area contributed by atoms with Gasteiger partial charge in [-0.1, -0.05) is 41.0 Å². The highest BCUT2D eigenvalue weighted by Gasteiger charge is 2.27. The van der Waals surface area contributed by atoms with Crippen LogP contribution in [0.4, 0.5) is 4.79 Å². The summed E-state index contributed by atoms with van der Waals surface area (Å²) in [6.07, 6.45) is 0.866. The van der Waals surface area contributed by atoms with Crippen molar-refractivity contribution in [2.75, 3.05) is 6.54 Å². The van der Waals surface area contributed by atoms with E-state index in [0.29, 0.717) is 6.54 Å². The van der Waals surface area contributed by atoms with Gasteiger partial charge in [0.05, 0.1) is 22.8 Å². The van der Waals surface area contributed by atoms with E-state index in [9.17, 15) is 9.90 Å². The van der Waals surface area contributed by atoms with Gasteiger partial charge in [0, 0.05) is 17.3 Å². The van der Waals surface area contributed by atoms with Gasteiger partial charge in [0.15, 0.2) is 0 Å². The molecule has 0 saturated heterocycles. The lowest BCUT2D eigenvalue weighted by Crippen LogP contribution is -2.47. The Morgan fingerprint density at radius 3 is 2.50 bits per heavy atom. The Morgan fingerprint density at radius 2 is 2.00 bits per heavy atom. The van der Waals surface area contributed by atoms with Crippen LogP contribution in [0.15, 0.2) is 5.38 Å². The summed E-state index contributed by atoms with van der Waals surface area (Å²) in [5, 5.41) is 18.8. The summed E-state index contributed by atoms with van der Waals surface area (Å²) < 4.78 is 0. The first-order valence-corrected chi connectivity index (χ1v) is 8.63. The van der Waals surface area contributed by atoms with E-state index in [1.165, 1.54) is 0 Å². The SMILES string of the molecule is CCC(C)C(C)(O)CNC(=O)NCc1csc(C(C)(C)C)n1. The number of hydrogen-bond donors (Lipinski definition) is 3. The quantitative estimate of drug-likeness (QED) is 0.752. The number of hydrogen-bond acceptors (Lipinski definition) is 4. The van der Waals surface area contributed by atoms with Crippen LogP contribution in [0, 0.1) is 5.92 Å². The van der Waals surface area contributed by atoms with Gasteiger partial charge in [-0.2, -0.15) is 0 Å². The predicted octanol–water partition coefficient (Wildman–Crippen LogP) is 3.04. The summed E-state index contributed by atoms with van der Waals surface area (Å²) in [5.74, 6) is 0.126. The van der Waals surface area contributed by atoms with Crippen molar-refractivity contribution in [1.82, 2.24) is 15.6 Å². The second kappa shape index (κ2) is 7.42. The number of nitrogens with zero attached hydrogens (tertiary/aromatic N) is 1. The maximum Gasteiger partial charge on any atom is 0.315 e. The maximum atomic E-state index is 11.8. The number of amides is 2. The average molecular weight is 327 g/mol. The zero-order chi connectivity index (χ0) is 17.0. The first kappa shape index (κ1) is 18.9. The van der Waals surface area contributed by atoms with E-state index in [2.05, 4.69) is 36.4 Å². The summed E-state index contributed by atoms with van der Waals surface area (Å²) in [6.45, 7) is 12.7. The molecule has 1 aromatic rings. The van der Waals surface area contributed by atoms with Gasteiger partial charge >= 0.3 is 6.03 Å². The van der Waals surface area contributed by atoms with E-state index in [0.717, 1.165) is 17.1 Å². The molecule has 0 bridgehead atoms. The lowest BCUT2D eigenvalue weighted by atomic mass is 9.89. The molecule has 0 aliphatic heterocycles. The minimum Gasteiger partial charge on any atom is -0.388 e. The molecule has 0 saturated carbocycles. The molecule has 0 aliphatic rings. The largest absolute Gasteiger partial charge is 0.388 e. The highest BCUT2D eigenvalue weighted by Crippen LogP contribution is 2.25. The Bertz CT molecular complexity index is 492. The molecule has 2 unspecified atom stereocenters. The number of carbonyl (C=O) groups is 1. The normalized spacial score (nSPS) is 16.0. The average Bonchev–Trinajstić information content (AvgIpc) is 2.91. The van der Waals surface area contributed by atoms with Gasteiger partial charge in [-0.3, -0.25) is 0 Å². The Labute approximate surface area is 137 Å². The molecule has 5 nitrogen and oxygen atoms in total. The van der Waals surface area contributed by atoms with E-state index in [4.69, 9.17) is 0 Å². The molecule has 1 aromatic heterocycles. The van der Waals surface area contributed by atoms with Crippen LogP contribution < -0.4 is 10.6 Å². The molecule has 2 amide bonds. The Balaban J connectivity index is 2.42. The molecule has 0 radical (unpaired) electrons. The van der Waals surface area contributed by atoms with Gasteiger partial charge in [-0.25, -0.2) is 9.78 Å². The van der Waals surface area contributed by atoms with Gasteiger partial charge < -0.3 is 15.7 Å². The second-order valence-corrected chi connectivity index (χ2v) is 7.95. The lowest BCUT2D eigenvalue weighted by Gasteiger charge is -2.29. The molecule has 1 heterocycles. The van der Waals surface area contributed by atoms with Crippen molar-refractivity contribution in [3.8, 4) is 0 Å². The third-order valence-corrected chi connectivity index (χ3v) is 5.22. The lowest BCUT2D eigenvalue weighted by molar-refractivity contribution is 0.00790. The van der Waals surface area contributed by atoms with Crippen LogP contribution in [-0.4, -0.2) is 28.3 Å². The number of urea groups is 1. The van der Waals surface area contributed by atoms with Crippen LogP contribution in [0.1, 0.15) is 58.7 Å². The molecular weight excluding hydrogens is 298 g/mol. The summed E-state index contributed by atoms with van der Waals surface area (Å²) in [5.41, 5.74) is -0.00879. The summed E-state index contributed by atoms with van der Waals surface area (Å²) in [6, 6.07) is -0.283. The van der Waals surface area contributed by atoms with Crippen LogP contribution in [0.25, 0.3) is 0 Å². The third kappa shape index (κ3) is 5.57. The highest BCUT2D eigenvalue weighted by molar-refractivity contribution is 7.09. The number of carbonyl (C=O) groups excluding carboxylic acids is 1. The minimum atomic E-state index is -0.897. The summed E-state index contributed by atoms with van der Waals surface area (Å²) >= 11 is 1.61. The first-order valence-electron chi connectivity index (χ1n) is 7.75. The summed E-state index contributed by atoms with van der Waals surface area (Å²) in [7, 11) is 0. The van der Waals surface area contributed by atoms with Gasteiger partial charge in [0.1, 0.15) is 0 Å². The van der Waals surface area contributed by atoms with Crippen LogP contribution in [-0.2, 0) is 12.0 Å². The molecule has 0 aromatic carbocycles.